The Morgan fingerprint density at radius 2 is 2.00 bits per heavy atom. The standard InChI is InChI=1S/C5H8F2O3/c6-1-2-3(7)4(8)5(9)10-2/h2-5,8-9H,1H2/t2-,3-,4-,5+/m1/s1. The van der Waals surface area contributed by atoms with Gasteiger partial charge in [0.05, 0.1) is 0 Å². The highest BCUT2D eigenvalue weighted by Crippen LogP contribution is 2.22. The van der Waals surface area contributed by atoms with Gasteiger partial charge in [-0.2, -0.15) is 0 Å². The summed E-state index contributed by atoms with van der Waals surface area (Å²) in [5.74, 6) is 0. The lowest BCUT2D eigenvalue weighted by atomic mass is 10.2. The van der Waals surface area contributed by atoms with Crippen molar-refractivity contribution >= 4 is 0 Å². The van der Waals surface area contributed by atoms with E-state index in [2.05, 4.69) is 4.74 Å². The van der Waals surface area contributed by atoms with Crippen molar-refractivity contribution in [3.05, 3.63) is 0 Å². The van der Waals surface area contributed by atoms with Crippen LogP contribution in [-0.2, 0) is 4.74 Å². The van der Waals surface area contributed by atoms with Crippen LogP contribution in [-0.4, -0.2) is 41.6 Å². The molecule has 0 unspecified atom stereocenters. The third-order valence-electron chi connectivity index (χ3n) is 1.44. The predicted molar refractivity (Wildman–Crippen MR) is 27.8 cm³/mol. The highest BCUT2D eigenvalue weighted by atomic mass is 19.1. The number of rotatable bonds is 1. The molecule has 1 rings (SSSR count). The zero-order valence-corrected chi connectivity index (χ0v) is 5.08. The van der Waals surface area contributed by atoms with Crippen LogP contribution in [0, 0.1) is 0 Å². The van der Waals surface area contributed by atoms with Gasteiger partial charge in [0.2, 0.25) is 0 Å². The molecule has 2 N–H and O–H groups in total. The monoisotopic (exact) mass is 154 g/mol. The Labute approximate surface area is 56.2 Å². The van der Waals surface area contributed by atoms with E-state index >= 15 is 0 Å². The van der Waals surface area contributed by atoms with Crippen LogP contribution in [0.2, 0.25) is 0 Å². The van der Waals surface area contributed by atoms with Gasteiger partial charge in [-0.1, -0.05) is 0 Å². The quantitative estimate of drug-likeness (QED) is 0.528. The fraction of sp³-hybridized carbons (Fsp3) is 1.00. The molecule has 1 saturated heterocycles. The zero-order valence-electron chi connectivity index (χ0n) is 5.08. The molecule has 4 atom stereocenters. The Morgan fingerprint density at radius 1 is 1.40 bits per heavy atom. The fourth-order valence-electron chi connectivity index (χ4n) is 0.833. The molecule has 1 aliphatic heterocycles. The molecule has 1 heterocycles. The zero-order chi connectivity index (χ0) is 7.72. The molecule has 1 aliphatic rings. The summed E-state index contributed by atoms with van der Waals surface area (Å²) in [6.07, 6.45) is -6.33. The van der Waals surface area contributed by atoms with Gasteiger partial charge >= 0.3 is 0 Å². The normalized spacial score (nSPS) is 48.0. The number of ether oxygens (including phenoxy) is 1. The summed E-state index contributed by atoms with van der Waals surface area (Å²) >= 11 is 0. The van der Waals surface area contributed by atoms with E-state index in [9.17, 15) is 8.78 Å². The van der Waals surface area contributed by atoms with Gasteiger partial charge in [-0.15, -0.1) is 0 Å². The van der Waals surface area contributed by atoms with Gasteiger partial charge in [0.1, 0.15) is 18.9 Å². The molecule has 0 aromatic carbocycles. The lowest BCUT2D eigenvalue weighted by Gasteiger charge is -2.05. The Hall–Kier alpha value is -0.260. The Bertz CT molecular complexity index is 121. The maximum atomic E-state index is 12.5. The topological polar surface area (TPSA) is 49.7 Å². The summed E-state index contributed by atoms with van der Waals surface area (Å²) in [6, 6.07) is 0. The molecular weight excluding hydrogens is 146 g/mol. The second kappa shape index (κ2) is 2.77. The van der Waals surface area contributed by atoms with E-state index in [4.69, 9.17) is 10.2 Å². The largest absolute Gasteiger partial charge is 0.385 e. The number of hydrogen-bond acceptors (Lipinski definition) is 3. The Kier molecular flexibility index (Phi) is 2.18. The van der Waals surface area contributed by atoms with Crippen molar-refractivity contribution in [1.82, 2.24) is 0 Å². The smallest absolute Gasteiger partial charge is 0.184 e. The van der Waals surface area contributed by atoms with Crippen molar-refractivity contribution < 1.29 is 23.7 Å². The SMILES string of the molecule is O[C@@H]1[C@H](F)[C@@H](CF)O[C@@H]1O. The number of hydrogen-bond donors (Lipinski definition) is 2. The van der Waals surface area contributed by atoms with Gasteiger partial charge in [-0.05, 0) is 0 Å². The second-order valence-corrected chi connectivity index (χ2v) is 2.15. The first-order chi connectivity index (χ1) is 4.66. The Balaban J connectivity index is 2.53. The predicted octanol–water partition coefficient (Wildman–Crippen LogP) is -0.628. The average Bonchev–Trinajstić information content (AvgIpc) is 2.17. The molecular formula is C5H8F2O3. The molecule has 0 amide bonds. The summed E-state index contributed by atoms with van der Waals surface area (Å²) in [7, 11) is 0. The molecule has 0 spiro atoms. The van der Waals surface area contributed by atoms with Crippen LogP contribution in [0.3, 0.4) is 0 Å². The molecule has 0 aliphatic carbocycles. The van der Waals surface area contributed by atoms with E-state index in [1.165, 1.54) is 0 Å². The second-order valence-electron chi connectivity index (χ2n) is 2.15. The Morgan fingerprint density at radius 3 is 2.20 bits per heavy atom. The van der Waals surface area contributed by atoms with Crippen LogP contribution in [0.1, 0.15) is 0 Å². The van der Waals surface area contributed by atoms with Crippen LogP contribution < -0.4 is 0 Å². The molecule has 0 bridgehead atoms. The molecule has 0 radical (unpaired) electrons. The minimum absolute atomic E-state index is 1.03. The maximum Gasteiger partial charge on any atom is 0.184 e. The van der Waals surface area contributed by atoms with Crippen LogP contribution in [0.25, 0.3) is 0 Å². The number of aliphatic hydroxyl groups excluding tert-OH is 2. The van der Waals surface area contributed by atoms with Crippen molar-refractivity contribution in [1.29, 1.82) is 0 Å². The average molecular weight is 154 g/mol. The van der Waals surface area contributed by atoms with Crippen LogP contribution in [0.4, 0.5) is 8.78 Å². The van der Waals surface area contributed by atoms with Gasteiger partial charge in [0, 0.05) is 0 Å². The summed E-state index contributed by atoms with van der Waals surface area (Å²) in [5, 5.41) is 17.2. The maximum absolute atomic E-state index is 12.5. The van der Waals surface area contributed by atoms with Gasteiger partial charge in [-0.3, -0.25) is 0 Å². The van der Waals surface area contributed by atoms with Crippen molar-refractivity contribution in [2.45, 2.75) is 24.7 Å². The lowest BCUT2D eigenvalue weighted by molar-refractivity contribution is -0.129. The molecule has 5 heteroatoms. The third kappa shape index (κ3) is 1.12. The summed E-state index contributed by atoms with van der Waals surface area (Å²) in [6.45, 7) is -1.03. The van der Waals surface area contributed by atoms with Gasteiger partial charge in [0.15, 0.2) is 12.5 Å². The molecule has 1 fully saturated rings. The van der Waals surface area contributed by atoms with E-state index in [1.54, 1.807) is 0 Å². The molecule has 60 valence electrons. The fourth-order valence-corrected chi connectivity index (χ4v) is 0.833. The van der Waals surface area contributed by atoms with E-state index in [0.29, 0.717) is 0 Å². The first-order valence-corrected chi connectivity index (χ1v) is 2.88. The van der Waals surface area contributed by atoms with Crippen molar-refractivity contribution in [2.75, 3.05) is 6.67 Å². The van der Waals surface area contributed by atoms with Crippen LogP contribution in [0.5, 0.6) is 0 Å². The first kappa shape index (κ1) is 7.84. The van der Waals surface area contributed by atoms with Gasteiger partial charge in [0.25, 0.3) is 0 Å². The molecule has 0 aromatic heterocycles. The minimum Gasteiger partial charge on any atom is -0.385 e. The molecule has 0 aromatic rings. The van der Waals surface area contributed by atoms with Crippen LogP contribution >= 0.6 is 0 Å². The number of alkyl halides is 2. The summed E-state index contributed by atoms with van der Waals surface area (Å²) in [4.78, 5) is 0. The van der Waals surface area contributed by atoms with Gasteiger partial charge < -0.3 is 14.9 Å². The van der Waals surface area contributed by atoms with Crippen molar-refractivity contribution in [3.8, 4) is 0 Å². The van der Waals surface area contributed by atoms with E-state index in [0.717, 1.165) is 0 Å². The highest BCUT2D eigenvalue weighted by Gasteiger charge is 2.43. The molecule has 0 saturated carbocycles. The number of halogens is 2. The lowest BCUT2D eigenvalue weighted by Crippen LogP contribution is -2.29. The van der Waals surface area contributed by atoms with Crippen molar-refractivity contribution in [2.24, 2.45) is 0 Å². The van der Waals surface area contributed by atoms with Crippen LogP contribution in [0.15, 0.2) is 0 Å². The third-order valence-corrected chi connectivity index (χ3v) is 1.44. The van der Waals surface area contributed by atoms with Crippen molar-refractivity contribution in [3.63, 3.8) is 0 Å². The summed E-state index contributed by atoms with van der Waals surface area (Å²) in [5.41, 5.74) is 0. The highest BCUT2D eigenvalue weighted by molar-refractivity contribution is 4.85. The van der Waals surface area contributed by atoms with E-state index in [-0.39, 0.29) is 0 Å². The molecule has 10 heavy (non-hydrogen) atoms. The van der Waals surface area contributed by atoms with Gasteiger partial charge in [-0.25, -0.2) is 8.78 Å². The molecule has 3 nitrogen and oxygen atoms in total. The van der Waals surface area contributed by atoms with E-state index in [1.807, 2.05) is 0 Å². The number of aliphatic hydroxyl groups is 2. The minimum atomic E-state index is -1.82. The summed E-state index contributed by atoms with van der Waals surface area (Å²) < 4.78 is 28.5. The van der Waals surface area contributed by atoms with E-state index < -0.39 is 31.3 Å². The first-order valence-electron chi connectivity index (χ1n) is 2.88.